The van der Waals surface area contributed by atoms with Crippen LogP contribution < -0.4 is 5.73 Å². The first-order valence-electron chi connectivity index (χ1n) is 5.88. The highest BCUT2D eigenvalue weighted by Crippen LogP contribution is 2.33. The molecule has 3 rings (SSSR count). The molecular formula is C13H9BrClN3OS2. The zero-order valence-electron chi connectivity index (χ0n) is 10.5. The zero-order valence-corrected chi connectivity index (χ0v) is 14.5. The van der Waals surface area contributed by atoms with Crippen LogP contribution in [-0.4, -0.2) is 10.2 Å². The molecule has 0 saturated carbocycles. The van der Waals surface area contributed by atoms with Gasteiger partial charge in [0.25, 0.3) is 5.89 Å². The molecule has 0 aliphatic heterocycles. The van der Waals surface area contributed by atoms with Crippen molar-refractivity contribution in [2.45, 2.75) is 10.6 Å². The molecule has 2 aromatic heterocycles. The Morgan fingerprint density at radius 1 is 1.29 bits per heavy atom. The van der Waals surface area contributed by atoms with Crippen LogP contribution >= 0.6 is 50.6 Å². The van der Waals surface area contributed by atoms with E-state index >= 15 is 0 Å². The number of thioether (sulfide) groups is 1. The van der Waals surface area contributed by atoms with Crippen LogP contribution in [0.5, 0.6) is 0 Å². The quantitative estimate of drug-likeness (QED) is 0.486. The lowest BCUT2D eigenvalue weighted by atomic mass is 10.3. The lowest BCUT2D eigenvalue weighted by Crippen LogP contribution is -1.89. The lowest BCUT2D eigenvalue weighted by molar-refractivity contribution is 0.529. The Hall–Kier alpha value is -1.02. The molecule has 0 saturated heterocycles. The van der Waals surface area contributed by atoms with E-state index in [1.807, 2.05) is 18.2 Å². The van der Waals surface area contributed by atoms with E-state index in [1.54, 1.807) is 23.5 Å². The van der Waals surface area contributed by atoms with Gasteiger partial charge in [0.15, 0.2) is 0 Å². The Bertz CT molecular complexity index is 774. The van der Waals surface area contributed by atoms with Gasteiger partial charge >= 0.3 is 0 Å². The summed E-state index contributed by atoms with van der Waals surface area (Å²) in [6.45, 7) is 0. The van der Waals surface area contributed by atoms with Gasteiger partial charge in [0.1, 0.15) is 0 Å². The summed E-state index contributed by atoms with van der Waals surface area (Å²) in [5.74, 6) is 1.63. The van der Waals surface area contributed by atoms with Crippen molar-refractivity contribution in [2.75, 3.05) is 5.73 Å². The predicted octanol–water partition coefficient (Wildman–Crippen LogP) is 5.09. The first-order chi connectivity index (χ1) is 10.1. The van der Waals surface area contributed by atoms with Crippen LogP contribution in [0.15, 0.2) is 43.4 Å². The maximum atomic E-state index is 5.96. The minimum atomic E-state index is 0.528. The number of hydrogen-bond acceptors (Lipinski definition) is 6. The predicted molar refractivity (Wildman–Crippen MR) is 90.7 cm³/mol. The maximum Gasteiger partial charge on any atom is 0.257 e. The fourth-order valence-corrected chi connectivity index (χ4v) is 4.00. The van der Waals surface area contributed by atoms with Crippen molar-refractivity contribution in [1.29, 1.82) is 0 Å². The maximum absolute atomic E-state index is 5.96. The van der Waals surface area contributed by atoms with Crippen LogP contribution in [0.25, 0.3) is 10.8 Å². The Kier molecular flexibility index (Phi) is 4.54. The molecule has 0 spiro atoms. The minimum absolute atomic E-state index is 0.528. The van der Waals surface area contributed by atoms with Crippen LogP contribution in [0.4, 0.5) is 5.69 Å². The van der Waals surface area contributed by atoms with Crippen LogP contribution in [0.1, 0.15) is 5.89 Å². The van der Waals surface area contributed by atoms with Gasteiger partial charge in [-0.05, 0) is 46.3 Å². The Morgan fingerprint density at radius 3 is 2.90 bits per heavy atom. The van der Waals surface area contributed by atoms with Gasteiger partial charge in [0, 0.05) is 15.6 Å². The van der Waals surface area contributed by atoms with Gasteiger partial charge in [-0.25, -0.2) is 0 Å². The monoisotopic (exact) mass is 401 g/mol. The number of nitrogen functional groups attached to an aromatic ring is 1. The molecule has 0 bridgehead atoms. The van der Waals surface area contributed by atoms with E-state index < -0.39 is 0 Å². The molecule has 0 unspecified atom stereocenters. The third-order valence-corrected chi connectivity index (χ3v) is 5.48. The van der Waals surface area contributed by atoms with Crippen molar-refractivity contribution in [1.82, 2.24) is 10.2 Å². The molecule has 0 amide bonds. The van der Waals surface area contributed by atoms with Crippen molar-refractivity contribution in [3.63, 3.8) is 0 Å². The van der Waals surface area contributed by atoms with Crippen molar-refractivity contribution < 1.29 is 4.42 Å². The largest absolute Gasteiger partial charge is 0.419 e. The molecule has 0 atom stereocenters. The molecule has 0 fully saturated rings. The van der Waals surface area contributed by atoms with Gasteiger partial charge in [-0.2, -0.15) is 0 Å². The Labute approximate surface area is 142 Å². The van der Waals surface area contributed by atoms with E-state index in [1.165, 1.54) is 11.8 Å². The van der Waals surface area contributed by atoms with Gasteiger partial charge in [0.2, 0.25) is 5.89 Å². The van der Waals surface area contributed by atoms with Gasteiger partial charge in [0.05, 0.1) is 14.4 Å². The molecule has 1 aromatic carbocycles. The summed E-state index contributed by atoms with van der Waals surface area (Å²) in [5.41, 5.74) is 6.59. The average molecular weight is 403 g/mol. The lowest BCUT2D eigenvalue weighted by Gasteiger charge is -2.03. The molecule has 4 nitrogen and oxygen atoms in total. The second-order valence-electron chi connectivity index (χ2n) is 4.08. The molecule has 108 valence electrons. The second kappa shape index (κ2) is 6.39. The molecule has 0 radical (unpaired) electrons. The van der Waals surface area contributed by atoms with Gasteiger partial charge in [-0.1, -0.05) is 11.6 Å². The molecule has 8 heteroatoms. The molecule has 21 heavy (non-hydrogen) atoms. The number of anilines is 1. The standard InChI is InChI=1S/C13H9BrClN3OS2/c14-11-4-3-9(21-11)13-18-17-12(19-13)6-20-10-5-7(15)1-2-8(10)16/h1-5H,6,16H2. The first kappa shape index (κ1) is 14.9. The fraction of sp³-hybridized carbons (Fsp3) is 0.0769. The zero-order chi connectivity index (χ0) is 14.8. The summed E-state index contributed by atoms with van der Waals surface area (Å²) < 4.78 is 6.67. The Balaban J connectivity index is 1.71. The van der Waals surface area contributed by atoms with Crippen molar-refractivity contribution in [3.8, 4) is 10.8 Å². The van der Waals surface area contributed by atoms with Gasteiger partial charge in [-0.15, -0.1) is 33.3 Å². The smallest absolute Gasteiger partial charge is 0.257 e. The summed E-state index contributed by atoms with van der Waals surface area (Å²) in [5, 5.41) is 8.76. The van der Waals surface area contributed by atoms with Crippen LogP contribution in [0, 0.1) is 0 Å². The number of halogens is 2. The van der Waals surface area contributed by atoms with E-state index in [0.717, 1.165) is 13.6 Å². The SMILES string of the molecule is Nc1ccc(Cl)cc1SCc1nnc(-c2ccc(Br)s2)o1. The summed E-state index contributed by atoms with van der Waals surface area (Å²) in [6, 6.07) is 9.27. The van der Waals surface area contributed by atoms with Crippen LogP contribution in [-0.2, 0) is 5.75 Å². The molecule has 0 aliphatic rings. The first-order valence-corrected chi connectivity index (χ1v) is 8.85. The molecular weight excluding hydrogens is 394 g/mol. The number of nitrogens with two attached hydrogens (primary N) is 1. The summed E-state index contributed by atoms with van der Waals surface area (Å²) in [4.78, 5) is 1.84. The van der Waals surface area contributed by atoms with Crippen LogP contribution in [0.2, 0.25) is 5.02 Å². The van der Waals surface area contributed by atoms with E-state index in [4.69, 9.17) is 21.8 Å². The van der Waals surface area contributed by atoms with Gasteiger partial charge < -0.3 is 10.2 Å². The number of benzene rings is 1. The van der Waals surface area contributed by atoms with E-state index in [9.17, 15) is 0 Å². The third-order valence-electron chi connectivity index (χ3n) is 2.58. The highest BCUT2D eigenvalue weighted by atomic mass is 79.9. The minimum Gasteiger partial charge on any atom is -0.419 e. The topological polar surface area (TPSA) is 64.9 Å². The molecule has 3 aromatic rings. The van der Waals surface area contributed by atoms with Crippen molar-refractivity contribution in [3.05, 3.63) is 45.0 Å². The number of rotatable bonds is 4. The number of hydrogen-bond donors (Lipinski definition) is 1. The highest BCUT2D eigenvalue weighted by Gasteiger charge is 2.11. The van der Waals surface area contributed by atoms with Gasteiger partial charge in [-0.3, -0.25) is 0 Å². The van der Waals surface area contributed by atoms with E-state index in [0.29, 0.717) is 28.2 Å². The summed E-state index contributed by atoms with van der Waals surface area (Å²) in [7, 11) is 0. The summed E-state index contributed by atoms with van der Waals surface area (Å²) in [6.07, 6.45) is 0. The van der Waals surface area contributed by atoms with E-state index in [-0.39, 0.29) is 0 Å². The number of nitrogens with zero attached hydrogens (tertiary/aromatic N) is 2. The average Bonchev–Trinajstić information content (AvgIpc) is 3.08. The molecule has 2 N–H and O–H groups in total. The highest BCUT2D eigenvalue weighted by molar-refractivity contribution is 9.11. The van der Waals surface area contributed by atoms with E-state index in [2.05, 4.69) is 26.1 Å². The van der Waals surface area contributed by atoms with Crippen molar-refractivity contribution >= 4 is 56.3 Å². The van der Waals surface area contributed by atoms with Crippen molar-refractivity contribution in [2.24, 2.45) is 0 Å². The third kappa shape index (κ3) is 3.60. The second-order valence-corrected chi connectivity index (χ2v) is 7.99. The number of aromatic nitrogens is 2. The normalized spacial score (nSPS) is 11.0. The fourth-order valence-electron chi connectivity index (χ4n) is 1.61. The molecule has 2 heterocycles. The molecule has 0 aliphatic carbocycles. The Morgan fingerprint density at radius 2 is 2.14 bits per heavy atom. The number of thiophene rings is 1. The summed E-state index contributed by atoms with van der Waals surface area (Å²) >= 11 is 12.4. The van der Waals surface area contributed by atoms with Crippen LogP contribution in [0.3, 0.4) is 0 Å².